The van der Waals surface area contributed by atoms with E-state index in [0.717, 1.165) is 45.3 Å². The summed E-state index contributed by atoms with van der Waals surface area (Å²) in [7, 11) is 0. The van der Waals surface area contributed by atoms with Crippen molar-refractivity contribution in [3.63, 3.8) is 0 Å². The lowest BCUT2D eigenvalue weighted by atomic mass is 10.1. The Morgan fingerprint density at radius 1 is 0.444 bits per heavy atom. The molecule has 6 aromatic rings. The van der Waals surface area contributed by atoms with Crippen molar-refractivity contribution in [1.29, 1.82) is 0 Å². The summed E-state index contributed by atoms with van der Waals surface area (Å²) in [5.74, 6) is 0. The van der Waals surface area contributed by atoms with Crippen molar-refractivity contribution in [2.75, 3.05) is 0 Å². The third kappa shape index (κ3) is 4.14. The lowest BCUT2D eigenvalue weighted by molar-refractivity contribution is 0.870. The number of hydrogen-bond donors (Lipinski definition) is 0. The molecule has 0 radical (unpaired) electrons. The van der Waals surface area contributed by atoms with Gasteiger partial charge < -0.3 is 0 Å². The van der Waals surface area contributed by atoms with Gasteiger partial charge in [0.2, 0.25) is 0 Å². The van der Waals surface area contributed by atoms with E-state index in [1.165, 1.54) is 11.1 Å². The first-order chi connectivity index (χ1) is 17.7. The maximum atomic E-state index is 5.05. The largest absolute Gasteiger partial charge is 0.232 e. The first-order valence-electron chi connectivity index (χ1n) is 12.1. The van der Waals surface area contributed by atoms with Gasteiger partial charge in [0.25, 0.3) is 0 Å². The fourth-order valence-corrected chi connectivity index (χ4v) is 4.40. The number of benzene rings is 4. The average molecular weight is 467 g/mol. The molecule has 0 saturated heterocycles. The molecule has 0 atom stereocenters. The number of nitrogens with zero attached hydrogens (tertiary/aromatic N) is 4. The van der Waals surface area contributed by atoms with Gasteiger partial charge in [-0.05, 0) is 50.2 Å². The van der Waals surface area contributed by atoms with Gasteiger partial charge >= 0.3 is 0 Å². The van der Waals surface area contributed by atoms with E-state index in [1.54, 1.807) is 0 Å². The Kier molecular flexibility index (Phi) is 5.55. The number of aromatic nitrogens is 4. The molecule has 0 bridgehead atoms. The normalized spacial score (nSPS) is 11.1. The molecule has 2 heterocycles. The van der Waals surface area contributed by atoms with Crippen LogP contribution in [0, 0.1) is 13.8 Å². The van der Waals surface area contributed by atoms with E-state index < -0.39 is 0 Å². The second kappa shape index (κ2) is 9.16. The molecule has 4 aromatic carbocycles. The first kappa shape index (κ1) is 21.8. The molecular weight excluding hydrogens is 440 g/mol. The summed E-state index contributed by atoms with van der Waals surface area (Å²) in [5.41, 5.74) is 10.4. The Bertz CT molecular complexity index is 1480. The molecule has 4 nitrogen and oxygen atoms in total. The molecule has 6 rings (SSSR count). The van der Waals surface area contributed by atoms with Crippen LogP contribution in [0.25, 0.3) is 45.3 Å². The molecular formula is C32H26N4. The third-order valence-corrected chi connectivity index (χ3v) is 6.38. The van der Waals surface area contributed by atoms with Gasteiger partial charge in [0, 0.05) is 11.1 Å². The third-order valence-electron chi connectivity index (χ3n) is 6.38. The number of rotatable bonds is 5. The highest BCUT2D eigenvalue weighted by Crippen LogP contribution is 2.32. The van der Waals surface area contributed by atoms with Crippen molar-refractivity contribution in [3.05, 3.63) is 132 Å². The molecule has 0 aliphatic rings. The zero-order valence-electron chi connectivity index (χ0n) is 20.3. The first-order valence-corrected chi connectivity index (χ1v) is 12.1. The van der Waals surface area contributed by atoms with Gasteiger partial charge in [-0.25, -0.2) is 9.36 Å². The molecule has 2 aromatic heterocycles. The Morgan fingerprint density at radius 2 is 0.806 bits per heavy atom. The van der Waals surface area contributed by atoms with Crippen LogP contribution in [0.15, 0.2) is 121 Å². The van der Waals surface area contributed by atoms with Gasteiger partial charge in [-0.15, -0.1) is 0 Å². The average Bonchev–Trinajstić information content (AvgIpc) is 3.56. The maximum Gasteiger partial charge on any atom is 0.114 e. The Balaban J connectivity index is 1.53. The van der Waals surface area contributed by atoms with E-state index >= 15 is 0 Å². The quantitative estimate of drug-likeness (QED) is 0.261. The molecule has 0 aliphatic carbocycles. The minimum atomic E-state index is 0.831. The monoisotopic (exact) mass is 466 g/mol. The second-order valence-corrected chi connectivity index (χ2v) is 9.06. The highest BCUT2D eigenvalue weighted by atomic mass is 15.3. The summed E-state index contributed by atoms with van der Waals surface area (Å²) >= 11 is 0. The van der Waals surface area contributed by atoms with E-state index in [0.29, 0.717) is 0 Å². The van der Waals surface area contributed by atoms with Crippen LogP contribution in [0.4, 0.5) is 0 Å². The zero-order chi connectivity index (χ0) is 24.5. The Hall–Kier alpha value is -4.70. The van der Waals surface area contributed by atoms with Crippen molar-refractivity contribution in [2.24, 2.45) is 0 Å². The summed E-state index contributed by atoms with van der Waals surface area (Å²) in [6.07, 6.45) is 0. The van der Waals surface area contributed by atoms with E-state index in [-0.39, 0.29) is 0 Å². The van der Waals surface area contributed by atoms with Gasteiger partial charge in [0.15, 0.2) is 0 Å². The number of hydrogen-bond acceptors (Lipinski definition) is 2. The van der Waals surface area contributed by atoms with Gasteiger partial charge in [0.05, 0.1) is 22.8 Å². The molecule has 0 unspecified atom stereocenters. The van der Waals surface area contributed by atoms with Crippen LogP contribution >= 0.6 is 0 Å². The molecule has 174 valence electrons. The fourth-order valence-electron chi connectivity index (χ4n) is 4.40. The lowest BCUT2D eigenvalue weighted by Crippen LogP contribution is -2.00. The maximum absolute atomic E-state index is 5.05. The molecule has 4 heteroatoms. The minimum Gasteiger partial charge on any atom is -0.232 e. The molecule has 0 saturated carbocycles. The van der Waals surface area contributed by atoms with Gasteiger partial charge in [-0.1, -0.05) is 96.1 Å². The van der Waals surface area contributed by atoms with Crippen LogP contribution in [0.2, 0.25) is 0 Å². The number of aryl methyl sites for hydroxylation is 2. The van der Waals surface area contributed by atoms with Crippen molar-refractivity contribution < 1.29 is 0 Å². The topological polar surface area (TPSA) is 35.6 Å². The Morgan fingerprint density at radius 3 is 1.17 bits per heavy atom. The van der Waals surface area contributed by atoms with Crippen molar-refractivity contribution in [2.45, 2.75) is 13.8 Å². The van der Waals surface area contributed by atoms with Crippen LogP contribution in [0.1, 0.15) is 11.1 Å². The lowest BCUT2D eigenvalue weighted by Gasteiger charge is -2.07. The summed E-state index contributed by atoms with van der Waals surface area (Å²) in [6, 6.07) is 41.9. The SMILES string of the molecule is Cc1ccc(-c2cc(-c3cc(-c4ccc(C)cc4)n(-c4ccccc4)n3)nn2-c2ccccc2)cc1. The van der Waals surface area contributed by atoms with E-state index in [4.69, 9.17) is 10.2 Å². The molecule has 36 heavy (non-hydrogen) atoms. The van der Waals surface area contributed by atoms with Crippen LogP contribution in [-0.2, 0) is 0 Å². The molecule has 0 N–H and O–H groups in total. The summed E-state index contributed by atoms with van der Waals surface area (Å²) in [5, 5.41) is 10.1. The van der Waals surface area contributed by atoms with Crippen molar-refractivity contribution >= 4 is 0 Å². The van der Waals surface area contributed by atoms with Crippen molar-refractivity contribution in [1.82, 2.24) is 19.6 Å². The van der Waals surface area contributed by atoms with Crippen molar-refractivity contribution in [3.8, 4) is 45.3 Å². The molecule has 0 fully saturated rings. The minimum absolute atomic E-state index is 0.831. The van der Waals surface area contributed by atoms with Gasteiger partial charge in [-0.2, -0.15) is 10.2 Å². The second-order valence-electron chi connectivity index (χ2n) is 9.06. The fraction of sp³-hybridized carbons (Fsp3) is 0.0625. The van der Waals surface area contributed by atoms with Crippen LogP contribution in [0.3, 0.4) is 0 Å². The van der Waals surface area contributed by atoms with E-state index in [1.807, 2.05) is 45.8 Å². The van der Waals surface area contributed by atoms with Crippen LogP contribution in [0.5, 0.6) is 0 Å². The van der Waals surface area contributed by atoms with Crippen LogP contribution in [-0.4, -0.2) is 19.6 Å². The zero-order valence-corrected chi connectivity index (χ0v) is 20.3. The standard InChI is InChI=1S/C32H26N4/c1-23-13-17-25(18-14-23)31-21-29(33-35(31)27-9-5-3-6-10-27)30-22-32(26-19-15-24(2)16-20-26)36(34-30)28-11-7-4-8-12-28/h3-22H,1-2H3. The van der Waals surface area contributed by atoms with Gasteiger partial charge in [0.1, 0.15) is 11.4 Å². The van der Waals surface area contributed by atoms with E-state index in [2.05, 4.69) is 98.8 Å². The summed E-state index contributed by atoms with van der Waals surface area (Å²) < 4.78 is 4.01. The highest BCUT2D eigenvalue weighted by Gasteiger charge is 2.18. The highest BCUT2D eigenvalue weighted by molar-refractivity contribution is 5.73. The molecule has 0 amide bonds. The summed E-state index contributed by atoms with van der Waals surface area (Å²) in [6.45, 7) is 4.21. The van der Waals surface area contributed by atoms with Crippen LogP contribution < -0.4 is 0 Å². The summed E-state index contributed by atoms with van der Waals surface area (Å²) in [4.78, 5) is 0. The number of para-hydroxylation sites is 2. The predicted octanol–water partition coefficient (Wildman–Crippen LogP) is 7.68. The van der Waals surface area contributed by atoms with E-state index in [9.17, 15) is 0 Å². The smallest absolute Gasteiger partial charge is 0.114 e. The van der Waals surface area contributed by atoms with Gasteiger partial charge in [-0.3, -0.25) is 0 Å². The molecule has 0 aliphatic heterocycles. The molecule has 0 spiro atoms. The predicted molar refractivity (Wildman–Crippen MR) is 146 cm³/mol. The Labute approximate surface area is 211 Å².